The van der Waals surface area contributed by atoms with Crippen molar-refractivity contribution < 1.29 is 18.8 Å². The van der Waals surface area contributed by atoms with E-state index in [0.29, 0.717) is 11.3 Å². The minimum Gasteiger partial charge on any atom is -0.449 e. The molecule has 2 aromatic heterocycles. The largest absolute Gasteiger partial charge is 0.449 e. The number of rotatable bonds is 5. The number of hydrogen-bond donors (Lipinski definition) is 1. The third kappa shape index (κ3) is 3.98. The lowest BCUT2D eigenvalue weighted by molar-refractivity contribution is -0.123. The molecule has 2 heterocycles. The van der Waals surface area contributed by atoms with Gasteiger partial charge in [-0.15, -0.1) is 0 Å². The van der Waals surface area contributed by atoms with Gasteiger partial charge in [-0.2, -0.15) is 0 Å². The van der Waals surface area contributed by atoms with E-state index in [2.05, 4.69) is 10.5 Å². The number of anilines is 1. The van der Waals surface area contributed by atoms with Crippen molar-refractivity contribution in [3.63, 3.8) is 0 Å². The maximum atomic E-state index is 12.7. The zero-order chi connectivity index (χ0) is 20.4. The number of nitrogens with zero attached hydrogens (tertiary/aromatic N) is 2. The second-order valence-corrected chi connectivity index (χ2v) is 6.82. The number of ether oxygens (including phenoxy) is 1. The van der Waals surface area contributed by atoms with Crippen LogP contribution in [0.4, 0.5) is 5.82 Å². The monoisotopic (exact) mass is 381 g/mol. The predicted molar refractivity (Wildman–Crippen MR) is 105 cm³/mol. The number of aryl methyl sites for hydroxylation is 3. The van der Waals surface area contributed by atoms with Crippen LogP contribution in [0.2, 0.25) is 0 Å². The van der Waals surface area contributed by atoms with E-state index in [1.54, 1.807) is 19.1 Å². The highest BCUT2D eigenvalue weighted by Crippen LogP contribution is 2.22. The summed E-state index contributed by atoms with van der Waals surface area (Å²) in [6, 6.07) is 11.4. The first-order valence-corrected chi connectivity index (χ1v) is 8.97. The molecule has 0 aliphatic carbocycles. The van der Waals surface area contributed by atoms with Gasteiger partial charge < -0.3 is 19.1 Å². The van der Waals surface area contributed by atoms with Gasteiger partial charge >= 0.3 is 5.97 Å². The normalized spacial score (nSPS) is 11.9. The fraction of sp³-hybridized carbons (Fsp3) is 0.286. The lowest BCUT2D eigenvalue weighted by Gasteiger charge is -2.13. The number of nitrogens with one attached hydrogen (secondary N) is 1. The molecule has 0 aliphatic rings. The third-order valence-electron chi connectivity index (χ3n) is 4.44. The summed E-state index contributed by atoms with van der Waals surface area (Å²) < 4.78 is 12.3. The lowest BCUT2D eigenvalue weighted by Crippen LogP contribution is -2.30. The molecule has 28 heavy (non-hydrogen) atoms. The number of carbonyl (C=O) groups excluding carboxylic acids is 2. The van der Waals surface area contributed by atoms with E-state index in [-0.39, 0.29) is 5.82 Å². The van der Waals surface area contributed by atoms with Crippen molar-refractivity contribution in [2.24, 2.45) is 0 Å². The van der Waals surface area contributed by atoms with Gasteiger partial charge in [0.2, 0.25) is 0 Å². The summed E-state index contributed by atoms with van der Waals surface area (Å²) in [6.45, 7) is 9.03. The van der Waals surface area contributed by atoms with Gasteiger partial charge in [0.1, 0.15) is 5.76 Å². The van der Waals surface area contributed by atoms with Crippen molar-refractivity contribution in [2.45, 2.75) is 40.7 Å². The van der Waals surface area contributed by atoms with Crippen LogP contribution < -0.4 is 5.32 Å². The molecule has 0 saturated carbocycles. The molecule has 7 heteroatoms. The van der Waals surface area contributed by atoms with Crippen LogP contribution in [0.1, 0.15) is 40.0 Å². The summed E-state index contributed by atoms with van der Waals surface area (Å²) in [5.41, 5.74) is 4.19. The van der Waals surface area contributed by atoms with Gasteiger partial charge in [0.05, 0.1) is 5.56 Å². The fourth-order valence-corrected chi connectivity index (χ4v) is 3.06. The van der Waals surface area contributed by atoms with Crippen molar-refractivity contribution in [1.29, 1.82) is 0 Å². The highest BCUT2D eigenvalue weighted by atomic mass is 16.5. The molecule has 1 amide bonds. The fourth-order valence-electron chi connectivity index (χ4n) is 3.06. The first-order valence-electron chi connectivity index (χ1n) is 8.97. The molecule has 0 saturated heterocycles. The Bertz CT molecular complexity index is 1030. The van der Waals surface area contributed by atoms with Crippen molar-refractivity contribution in [3.05, 3.63) is 64.7 Å². The maximum absolute atomic E-state index is 12.7. The second kappa shape index (κ2) is 7.72. The molecule has 0 fully saturated rings. The molecule has 0 aliphatic heterocycles. The number of benzene rings is 1. The first-order chi connectivity index (χ1) is 13.3. The van der Waals surface area contributed by atoms with E-state index < -0.39 is 18.0 Å². The van der Waals surface area contributed by atoms with Crippen LogP contribution in [0.3, 0.4) is 0 Å². The van der Waals surface area contributed by atoms with Gasteiger partial charge in [0.25, 0.3) is 5.91 Å². The van der Waals surface area contributed by atoms with Crippen molar-refractivity contribution in [1.82, 2.24) is 9.72 Å². The van der Waals surface area contributed by atoms with Crippen molar-refractivity contribution >= 4 is 17.7 Å². The Kier molecular flexibility index (Phi) is 5.35. The Morgan fingerprint density at radius 3 is 2.54 bits per heavy atom. The maximum Gasteiger partial charge on any atom is 0.340 e. The van der Waals surface area contributed by atoms with E-state index in [9.17, 15) is 9.59 Å². The van der Waals surface area contributed by atoms with Crippen LogP contribution in [0, 0.1) is 27.7 Å². The van der Waals surface area contributed by atoms with Crippen molar-refractivity contribution in [2.75, 3.05) is 5.32 Å². The van der Waals surface area contributed by atoms with Crippen LogP contribution in [-0.2, 0) is 9.53 Å². The van der Waals surface area contributed by atoms with Crippen LogP contribution in [0.5, 0.6) is 0 Å². The van der Waals surface area contributed by atoms with Crippen LogP contribution in [0.25, 0.3) is 5.69 Å². The average Bonchev–Trinajstić information content (AvgIpc) is 3.17. The second-order valence-electron chi connectivity index (χ2n) is 6.82. The van der Waals surface area contributed by atoms with Gasteiger partial charge in [-0.25, -0.2) is 4.79 Å². The van der Waals surface area contributed by atoms with E-state index in [0.717, 1.165) is 22.6 Å². The Morgan fingerprint density at radius 2 is 1.89 bits per heavy atom. The topological polar surface area (TPSA) is 86.4 Å². The SMILES string of the molecule is Cc1cccc(-n2c(C)cc(C(=O)OC(C)C(=O)Nc3cc(C)on3)c2C)c1. The summed E-state index contributed by atoms with van der Waals surface area (Å²) in [6.07, 6.45) is -0.980. The highest BCUT2D eigenvalue weighted by molar-refractivity contribution is 5.97. The van der Waals surface area contributed by atoms with Crippen LogP contribution in [-0.4, -0.2) is 27.7 Å². The number of aromatic nitrogens is 2. The summed E-state index contributed by atoms with van der Waals surface area (Å²) in [5.74, 6) is -0.174. The van der Waals surface area contributed by atoms with Gasteiger partial charge in [-0.3, -0.25) is 4.79 Å². The zero-order valence-electron chi connectivity index (χ0n) is 16.6. The predicted octanol–water partition coefficient (Wildman–Crippen LogP) is 3.88. The standard InChI is InChI=1S/C21H23N3O4/c1-12-7-6-8-17(9-12)24-13(2)10-18(15(24)4)21(26)27-16(5)20(25)22-19-11-14(3)28-23-19/h6-11,16H,1-5H3,(H,22,23,25). The Labute approximate surface area is 163 Å². The number of carbonyl (C=O) groups is 2. The van der Waals surface area contributed by atoms with Gasteiger partial charge in [-0.1, -0.05) is 17.3 Å². The molecule has 0 spiro atoms. The summed E-state index contributed by atoms with van der Waals surface area (Å²) in [5, 5.41) is 6.25. The average molecular weight is 381 g/mol. The van der Waals surface area contributed by atoms with E-state index >= 15 is 0 Å². The minimum atomic E-state index is -0.980. The van der Waals surface area contributed by atoms with Crippen molar-refractivity contribution in [3.8, 4) is 5.69 Å². The molecule has 0 radical (unpaired) electrons. The van der Waals surface area contributed by atoms with Gasteiger partial charge in [0.15, 0.2) is 11.9 Å². The Hall–Kier alpha value is -3.35. The van der Waals surface area contributed by atoms with Gasteiger partial charge in [-0.05, 0) is 58.4 Å². The number of esters is 1. The molecule has 1 aromatic carbocycles. The molecule has 3 aromatic rings. The molecule has 0 bridgehead atoms. The third-order valence-corrected chi connectivity index (χ3v) is 4.44. The molecule has 1 N–H and O–H groups in total. The molecule has 1 atom stereocenters. The van der Waals surface area contributed by atoms with Gasteiger partial charge in [0, 0.05) is 23.1 Å². The number of amides is 1. The highest BCUT2D eigenvalue weighted by Gasteiger charge is 2.23. The van der Waals surface area contributed by atoms with E-state index in [4.69, 9.17) is 9.26 Å². The molecule has 1 unspecified atom stereocenters. The molecular weight excluding hydrogens is 358 g/mol. The summed E-state index contributed by atoms with van der Waals surface area (Å²) in [4.78, 5) is 24.9. The van der Waals surface area contributed by atoms with Crippen LogP contribution in [0.15, 0.2) is 40.9 Å². The van der Waals surface area contributed by atoms with E-state index in [1.807, 2.05) is 49.6 Å². The molecule has 3 rings (SSSR count). The Balaban J connectivity index is 1.75. The smallest absolute Gasteiger partial charge is 0.340 e. The zero-order valence-corrected chi connectivity index (χ0v) is 16.6. The first kappa shape index (κ1) is 19.4. The lowest BCUT2D eigenvalue weighted by atomic mass is 10.2. The summed E-state index contributed by atoms with van der Waals surface area (Å²) >= 11 is 0. The Morgan fingerprint density at radius 1 is 1.14 bits per heavy atom. The van der Waals surface area contributed by atoms with E-state index in [1.165, 1.54) is 6.92 Å². The summed E-state index contributed by atoms with van der Waals surface area (Å²) in [7, 11) is 0. The van der Waals surface area contributed by atoms with Crippen LogP contribution >= 0.6 is 0 Å². The molecule has 7 nitrogen and oxygen atoms in total. The quantitative estimate of drug-likeness (QED) is 0.678. The molecule has 146 valence electrons. The number of hydrogen-bond acceptors (Lipinski definition) is 5. The minimum absolute atomic E-state index is 0.281. The molecular formula is C21H23N3O4.